The SMILES string of the molecule is CNC1(C)CCN(c2ccc(C#N)c(Br)c2)CC1. The molecule has 1 fully saturated rings. The fourth-order valence-electron chi connectivity index (χ4n) is 2.30. The Hall–Kier alpha value is -1.05. The van der Waals surface area contributed by atoms with Crippen molar-refractivity contribution in [3.63, 3.8) is 0 Å². The van der Waals surface area contributed by atoms with Gasteiger partial charge in [-0.3, -0.25) is 0 Å². The molecular weight excluding hydrogens is 290 g/mol. The zero-order valence-electron chi connectivity index (χ0n) is 10.8. The van der Waals surface area contributed by atoms with Gasteiger partial charge >= 0.3 is 0 Å². The van der Waals surface area contributed by atoms with Crippen molar-refractivity contribution in [1.82, 2.24) is 5.32 Å². The fraction of sp³-hybridized carbons (Fsp3) is 0.500. The first-order chi connectivity index (χ1) is 8.58. The van der Waals surface area contributed by atoms with Gasteiger partial charge in [0.25, 0.3) is 0 Å². The molecule has 0 saturated carbocycles. The Labute approximate surface area is 117 Å². The molecule has 4 heteroatoms. The van der Waals surface area contributed by atoms with Crippen molar-refractivity contribution in [2.45, 2.75) is 25.3 Å². The van der Waals surface area contributed by atoms with Crippen LogP contribution in [0, 0.1) is 11.3 Å². The molecule has 1 aromatic rings. The van der Waals surface area contributed by atoms with Crippen LogP contribution >= 0.6 is 15.9 Å². The van der Waals surface area contributed by atoms with Crippen LogP contribution in [0.2, 0.25) is 0 Å². The first-order valence-electron chi connectivity index (χ1n) is 6.21. The highest BCUT2D eigenvalue weighted by molar-refractivity contribution is 9.10. The number of nitriles is 1. The van der Waals surface area contributed by atoms with E-state index >= 15 is 0 Å². The second-order valence-electron chi connectivity index (χ2n) is 5.07. The van der Waals surface area contributed by atoms with Gasteiger partial charge < -0.3 is 10.2 Å². The fourth-order valence-corrected chi connectivity index (χ4v) is 2.76. The molecule has 0 atom stereocenters. The summed E-state index contributed by atoms with van der Waals surface area (Å²) in [6.45, 7) is 4.38. The summed E-state index contributed by atoms with van der Waals surface area (Å²) in [6.07, 6.45) is 2.28. The third-order valence-electron chi connectivity index (χ3n) is 3.91. The molecule has 1 aliphatic heterocycles. The Kier molecular flexibility index (Phi) is 3.94. The number of nitrogens with zero attached hydrogens (tertiary/aromatic N) is 2. The van der Waals surface area contributed by atoms with Gasteiger partial charge in [-0.2, -0.15) is 5.26 Å². The lowest BCUT2D eigenvalue weighted by molar-refractivity contribution is 0.305. The van der Waals surface area contributed by atoms with Crippen LogP contribution in [0.5, 0.6) is 0 Å². The predicted octanol–water partition coefficient (Wildman–Crippen LogP) is 2.90. The Morgan fingerprint density at radius 3 is 2.56 bits per heavy atom. The van der Waals surface area contributed by atoms with E-state index in [0.29, 0.717) is 5.56 Å². The van der Waals surface area contributed by atoms with Crippen molar-refractivity contribution in [3.8, 4) is 6.07 Å². The van der Waals surface area contributed by atoms with E-state index in [1.807, 2.05) is 25.2 Å². The maximum atomic E-state index is 8.92. The summed E-state index contributed by atoms with van der Waals surface area (Å²) in [5.74, 6) is 0. The number of hydrogen-bond acceptors (Lipinski definition) is 3. The number of halogens is 1. The van der Waals surface area contributed by atoms with Crippen molar-refractivity contribution < 1.29 is 0 Å². The lowest BCUT2D eigenvalue weighted by Crippen LogP contribution is -2.50. The van der Waals surface area contributed by atoms with E-state index < -0.39 is 0 Å². The monoisotopic (exact) mass is 307 g/mol. The van der Waals surface area contributed by atoms with Crippen LogP contribution in [0.3, 0.4) is 0 Å². The van der Waals surface area contributed by atoms with Gasteiger partial charge in [-0.05, 0) is 60.9 Å². The van der Waals surface area contributed by atoms with Gasteiger partial charge in [-0.15, -0.1) is 0 Å². The maximum Gasteiger partial charge on any atom is 0.100 e. The number of benzene rings is 1. The van der Waals surface area contributed by atoms with Crippen LogP contribution in [0.15, 0.2) is 22.7 Å². The van der Waals surface area contributed by atoms with Crippen LogP contribution in [0.1, 0.15) is 25.3 Å². The Morgan fingerprint density at radius 2 is 2.06 bits per heavy atom. The Balaban J connectivity index is 2.11. The van der Waals surface area contributed by atoms with E-state index in [9.17, 15) is 0 Å². The minimum absolute atomic E-state index is 0.264. The van der Waals surface area contributed by atoms with Crippen LogP contribution in [0.4, 0.5) is 5.69 Å². The molecule has 0 spiro atoms. The quantitative estimate of drug-likeness (QED) is 0.913. The molecule has 1 aromatic carbocycles. The first kappa shape index (κ1) is 13.4. The van der Waals surface area contributed by atoms with Crippen LogP contribution in [0.25, 0.3) is 0 Å². The van der Waals surface area contributed by atoms with E-state index in [1.165, 1.54) is 5.69 Å². The summed E-state index contributed by atoms with van der Waals surface area (Å²) in [4.78, 5) is 2.38. The first-order valence-corrected chi connectivity index (χ1v) is 7.01. The average molecular weight is 308 g/mol. The topological polar surface area (TPSA) is 39.1 Å². The molecule has 2 rings (SSSR count). The van der Waals surface area contributed by atoms with Crippen molar-refractivity contribution in [2.75, 3.05) is 25.0 Å². The minimum atomic E-state index is 0.264. The molecule has 96 valence electrons. The number of anilines is 1. The van der Waals surface area contributed by atoms with Gasteiger partial charge in [0.2, 0.25) is 0 Å². The van der Waals surface area contributed by atoms with Crippen LogP contribution < -0.4 is 10.2 Å². The number of nitrogens with one attached hydrogen (secondary N) is 1. The molecule has 1 saturated heterocycles. The summed E-state index contributed by atoms with van der Waals surface area (Å²) >= 11 is 3.45. The van der Waals surface area contributed by atoms with E-state index in [-0.39, 0.29) is 5.54 Å². The summed E-state index contributed by atoms with van der Waals surface area (Å²) in [6, 6.07) is 8.13. The highest BCUT2D eigenvalue weighted by Crippen LogP contribution is 2.28. The molecule has 0 radical (unpaired) electrons. The number of piperidine rings is 1. The second kappa shape index (κ2) is 5.29. The highest BCUT2D eigenvalue weighted by Gasteiger charge is 2.28. The third kappa shape index (κ3) is 2.68. The lowest BCUT2D eigenvalue weighted by atomic mass is 9.89. The smallest absolute Gasteiger partial charge is 0.100 e. The molecule has 0 bridgehead atoms. The normalized spacial score (nSPS) is 18.4. The van der Waals surface area contributed by atoms with Crippen molar-refractivity contribution in [3.05, 3.63) is 28.2 Å². The summed E-state index contributed by atoms with van der Waals surface area (Å²) in [5, 5.41) is 12.3. The van der Waals surface area contributed by atoms with Crippen molar-refractivity contribution >= 4 is 21.6 Å². The molecule has 0 aromatic heterocycles. The molecule has 1 aliphatic rings. The van der Waals surface area contributed by atoms with E-state index in [1.54, 1.807) is 0 Å². The van der Waals surface area contributed by atoms with Gasteiger partial charge in [0.05, 0.1) is 5.56 Å². The van der Waals surface area contributed by atoms with Gasteiger partial charge in [-0.25, -0.2) is 0 Å². The Bertz CT molecular complexity index is 470. The minimum Gasteiger partial charge on any atom is -0.371 e. The molecule has 3 nitrogen and oxygen atoms in total. The highest BCUT2D eigenvalue weighted by atomic mass is 79.9. The van der Waals surface area contributed by atoms with Gasteiger partial charge in [-0.1, -0.05) is 0 Å². The van der Waals surface area contributed by atoms with Gasteiger partial charge in [0, 0.05) is 28.8 Å². The molecule has 1 heterocycles. The van der Waals surface area contributed by atoms with Crippen molar-refractivity contribution in [1.29, 1.82) is 5.26 Å². The molecule has 0 unspecified atom stereocenters. The molecular formula is C14H18BrN3. The van der Waals surface area contributed by atoms with Gasteiger partial charge in [0.15, 0.2) is 0 Å². The summed E-state index contributed by atoms with van der Waals surface area (Å²) < 4.78 is 0.879. The second-order valence-corrected chi connectivity index (χ2v) is 5.93. The molecule has 0 amide bonds. The van der Waals surface area contributed by atoms with Crippen LogP contribution in [-0.4, -0.2) is 25.7 Å². The third-order valence-corrected chi connectivity index (χ3v) is 4.56. The van der Waals surface area contributed by atoms with Gasteiger partial charge in [0.1, 0.15) is 6.07 Å². The molecule has 18 heavy (non-hydrogen) atoms. The number of rotatable bonds is 2. The standard InChI is InChI=1S/C14H18BrN3/c1-14(17-2)5-7-18(8-6-14)12-4-3-11(10-16)13(15)9-12/h3-4,9,17H,5-8H2,1-2H3. The Morgan fingerprint density at radius 1 is 1.39 bits per heavy atom. The molecule has 0 aliphatic carbocycles. The van der Waals surface area contributed by atoms with E-state index in [0.717, 1.165) is 30.4 Å². The average Bonchev–Trinajstić information content (AvgIpc) is 2.39. The largest absolute Gasteiger partial charge is 0.371 e. The zero-order chi connectivity index (χ0) is 13.2. The zero-order valence-corrected chi connectivity index (χ0v) is 12.4. The maximum absolute atomic E-state index is 8.92. The predicted molar refractivity (Wildman–Crippen MR) is 77.8 cm³/mol. The van der Waals surface area contributed by atoms with E-state index in [2.05, 4.69) is 39.1 Å². The van der Waals surface area contributed by atoms with Crippen molar-refractivity contribution in [2.24, 2.45) is 0 Å². The van der Waals surface area contributed by atoms with Crippen LogP contribution in [-0.2, 0) is 0 Å². The summed E-state index contributed by atoms with van der Waals surface area (Å²) in [5.41, 5.74) is 2.15. The lowest BCUT2D eigenvalue weighted by Gasteiger charge is -2.40. The number of hydrogen-bond donors (Lipinski definition) is 1. The molecule has 1 N–H and O–H groups in total. The van der Waals surface area contributed by atoms with E-state index in [4.69, 9.17) is 5.26 Å². The summed E-state index contributed by atoms with van der Waals surface area (Å²) in [7, 11) is 2.04.